The molecule has 3 heterocycles. The standard InChI is InChI=1S/C30H32ClN5O/c1-37-16-15-36-13-11-22(12-14-36)33-23-9-10-26-24(18-23)25(19-32-26)29(20-5-4-6-21(31)17-20)30-34-27-7-2-3-8-28(27)35-30/h2-10,17-18,22,32-33H,11-16,19H2,1H3,(H,34,35)/b29-25+. The lowest BCUT2D eigenvalue weighted by Gasteiger charge is -2.32. The van der Waals surface area contributed by atoms with Crippen LogP contribution in [0.2, 0.25) is 5.02 Å². The van der Waals surface area contributed by atoms with Crippen LogP contribution in [0.15, 0.2) is 66.7 Å². The lowest BCUT2D eigenvalue weighted by molar-refractivity contribution is 0.132. The van der Waals surface area contributed by atoms with Gasteiger partial charge in [-0.25, -0.2) is 4.98 Å². The Bertz CT molecular complexity index is 1400. The van der Waals surface area contributed by atoms with Crippen LogP contribution < -0.4 is 10.6 Å². The zero-order valence-corrected chi connectivity index (χ0v) is 21.8. The van der Waals surface area contributed by atoms with Crippen molar-refractivity contribution < 1.29 is 4.74 Å². The van der Waals surface area contributed by atoms with E-state index in [1.807, 2.05) is 36.4 Å². The molecule has 1 saturated heterocycles. The molecule has 0 saturated carbocycles. The van der Waals surface area contributed by atoms with E-state index in [0.29, 0.717) is 11.1 Å². The predicted molar refractivity (Wildman–Crippen MR) is 153 cm³/mol. The number of benzene rings is 3. The lowest BCUT2D eigenvalue weighted by atomic mass is 9.94. The summed E-state index contributed by atoms with van der Waals surface area (Å²) in [4.78, 5) is 11.0. The SMILES string of the molecule is COCCN1CCC(Nc2ccc3c(c2)/C(=C(\c2cccc(Cl)c2)c2nc4ccccc4[nH]2)CN3)CC1. The molecule has 37 heavy (non-hydrogen) atoms. The third kappa shape index (κ3) is 5.10. The minimum absolute atomic E-state index is 0.474. The maximum absolute atomic E-state index is 6.44. The first-order chi connectivity index (χ1) is 18.2. The summed E-state index contributed by atoms with van der Waals surface area (Å²) in [5, 5.41) is 8.11. The number of nitrogens with one attached hydrogen (secondary N) is 3. The number of para-hydroxylation sites is 2. The fourth-order valence-electron chi connectivity index (χ4n) is 5.47. The van der Waals surface area contributed by atoms with E-state index < -0.39 is 0 Å². The van der Waals surface area contributed by atoms with Gasteiger partial charge >= 0.3 is 0 Å². The number of piperidine rings is 1. The van der Waals surface area contributed by atoms with Gasteiger partial charge in [0.2, 0.25) is 0 Å². The fourth-order valence-corrected chi connectivity index (χ4v) is 5.66. The highest BCUT2D eigenvalue weighted by Gasteiger charge is 2.25. The molecule has 0 radical (unpaired) electrons. The number of ether oxygens (including phenoxy) is 1. The van der Waals surface area contributed by atoms with Crippen LogP contribution in [0.1, 0.15) is 29.8 Å². The van der Waals surface area contributed by atoms with Crippen LogP contribution in [0.4, 0.5) is 11.4 Å². The van der Waals surface area contributed by atoms with Gasteiger partial charge in [-0.3, -0.25) is 0 Å². The van der Waals surface area contributed by atoms with Crippen LogP contribution >= 0.6 is 11.6 Å². The highest BCUT2D eigenvalue weighted by Crippen LogP contribution is 2.40. The lowest BCUT2D eigenvalue weighted by Crippen LogP contribution is -2.40. The van der Waals surface area contributed by atoms with Crippen LogP contribution in [0.5, 0.6) is 0 Å². The highest BCUT2D eigenvalue weighted by atomic mass is 35.5. The number of halogens is 1. The molecule has 3 aromatic carbocycles. The molecule has 0 aliphatic carbocycles. The topological polar surface area (TPSA) is 65.2 Å². The van der Waals surface area contributed by atoms with Crippen LogP contribution in [0, 0.1) is 0 Å². The van der Waals surface area contributed by atoms with Crippen LogP contribution in [-0.2, 0) is 4.74 Å². The van der Waals surface area contributed by atoms with Crippen molar-refractivity contribution in [1.29, 1.82) is 0 Å². The van der Waals surface area contributed by atoms with E-state index in [9.17, 15) is 0 Å². The molecule has 1 fully saturated rings. The number of H-pyrrole nitrogens is 1. The van der Waals surface area contributed by atoms with Crippen molar-refractivity contribution in [2.75, 3.05) is 50.5 Å². The molecule has 3 N–H and O–H groups in total. The molecule has 1 aromatic heterocycles. The summed E-state index contributed by atoms with van der Waals surface area (Å²) in [5.74, 6) is 0.856. The van der Waals surface area contributed by atoms with Gasteiger partial charge in [0, 0.05) is 66.9 Å². The van der Waals surface area contributed by atoms with Crippen molar-refractivity contribution in [1.82, 2.24) is 14.9 Å². The third-order valence-corrected chi connectivity index (χ3v) is 7.65. The Morgan fingerprint density at radius 2 is 1.95 bits per heavy atom. The first-order valence-electron chi connectivity index (χ1n) is 13.0. The monoisotopic (exact) mass is 513 g/mol. The van der Waals surface area contributed by atoms with Gasteiger partial charge in [0.1, 0.15) is 5.82 Å². The van der Waals surface area contributed by atoms with Crippen molar-refractivity contribution in [3.63, 3.8) is 0 Å². The van der Waals surface area contributed by atoms with Crippen LogP contribution in [0.3, 0.4) is 0 Å². The average molecular weight is 514 g/mol. The van der Waals surface area contributed by atoms with E-state index in [0.717, 1.165) is 85.0 Å². The number of aromatic nitrogens is 2. The molecule has 0 amide bonds. The fraction of sp³-hybridized carbons (Fsp3) is 0.300. The van der Waals surface area contributed by atoms with Gasteiger partial charge < -0.3 is 25.3 Å². The van der Waals surface area contributed by atoms with E-state index in [2.05, 4.69) is 50.8 Å². The second-order valence-electron chi connectivity index (χ2n) is 9.83. The van der Waals surface area contributed by atoms with E-state index in [4.69, 9.17) is 21.3 Å². The van der Waals surface area contributed by atoms with Gasteiger partial charge in [-0.15, -0.1) is 0 Å². The Hall–Kier alpha value is -3.32. The van der Waals surface area contributed by atoms with Gasteiger partial charge in [0.25, 0.3) is 0 Å². The molecule has 6 nitrogen and oxygen atoms in total. The minimum Gasteiger partial charge on any atom is -0.383 e. The summed E-state index contributed by atoms with van der Waals surface area (Å²) in [6.45, 7) is 4.74. The van der Waals surface area contributed by atoms with Crippen molar-refractivity contribution in [2.45, 2.75) is 18.9 Å². The number of fused-ring (bicyclic) bond motifs is 2. The van der Waals surface area contributed by atoms with E-state index >= 15 is 0 Å². The number of hydrogen-bond acceptors (Lipinski definition) is 5. The van der Waals surface area contributed by atoms with E-state index in [1.165, 1.54) is 11.1 Å². The number of rotatable bonds is 7. The molecule has 7 heteroatoms. The van der Waals surface area contributed by atoms with Gasteiger partial charge in [0.05, 0.1) is 17.6 Å². The minimum atomic E-state index is 0.474. The van der Waals surface area contributed by atoms with Crippen molar-refractivity contribution in [3.05, 3.63) is 88.7 Å². The van der Waals surface area contributed by atoms with Crippen molar-refractivity contribution in [2.24, 2.45) is 0 Å². The molecule has 0 spiro atoms. The van der Waals surface area contributed by atoms with Gasteiger partial charge in [-0.2, -0.15) is 0 Å². The van der Waals surface area contributed by atoms with E-state index in [-0.39, 0.29) is 0 Å². The number of methoxy groups -OCH3 is 1. The van der Waals surface area contributed by atoms with Crippen molar-refractivity contribution in [3.8, 4) is 0 Å². The first kappa shape index (κ1) is 24.0. The molecule has 0 atom stereocenters. The smallest absolute Gasteiger partial charge is 0.139 e. The summed E-state index contributed by atoms with van der Waals surface area (Å²) < 4.78 is 5.24. The number of anilines is 2. The Balaban J connectivity index is 1.34. The first-order valence-corrected chi connectivity index (χ1v) is 13.4. The molecule has 0 unspecified atom stereocenters. The van der Waals surface area contributed by atoms with Crippen LogP contribution in [-0.4, -0.2) is 60.8 Å². The largest absolute Gasteiger partial charge is 0.383 e. The Morgan fingerprint density at radius 1 is 1.08 bits per heavy atom. The Kier molecular flexibility index (Phi) is 6.87. The maximum atomic E-state index is 6.44. The van der Waals surface area contributed by atoms with Crippen molar-refractivity contribution >= 4 is 45.2 Å². The summed E-state index contributed by atoms with van der Waals surface area (Å²) in [6, 6.07) is 23.3. The number of imidazole rings is 1. The number of nitrogens with zero attached hydrogens (tertiary/aromatic N) is 2. The molecular weight excluding hydrogens is 482 g/mol. The summed E-state index contributed by atoms with van der Waals surface area (Å²) in [5.41, 5.74) is 8.84. The molecular formula is C30H32ClN5O. The summed E-state index contributed by atoms with van der Waals surface area (Å²) in [7, 11) is 1.77. The molecule has 190 valence electrons. The van der Waals surface area contributed by atoms with Gasteiger partial charge in [-0.05, 0) is 66.4 Å². The maximum Gasteiger partial charge on any atom is 0.139 e. The second-order valence-corrected chi connectivity index (χ2v) is 10.3. The molecule has 2 aliphatic heterocycles. The zero-order valence-electron chi connectivity index (χ0n) is 21.1. The zero-order chi connectivity index (χ0) is 25.2. The molecule has 2 aliphatic rings. The Morgan fingerprint density at radius 3 is 2.76 bits per heavy atom. The van der Waals surface area contributed by atoms with Crippen LogP contribution in [0.25, 0.3) is 22.2 Å². The molecule has 4 aromatic rings. The number of hydrogen-bond donors (Lipinski definition) is 3. The number of aromatic amines is 1. The number of likely N-dealkylation sites (tertiary alicyclic amines) is 1. The molecule has 6 rings (SSSR count). The quantitative estimate of drug-likeness (QED) is 0.278. The third-order valence-electron chi connectivity index (χ3n) is 7.41. The molecule has 0 bridgehead atoms. The normalized spacial score (nSPS) is 17.6. The van der Waals surface area contributed by atoms with Gasteiger partial charge in [-0.1, -0.05) is 35.9 Å². The predicted octanol–water partition coefficient (Wildman–Crippen LogP) is 6.12. The summed E-state index contributed by atoms with van der Waals surface area (Å²) in [6.07, 6.45) is 2.27. The van der Waals surface area contributed by atoms with Gasteiger partial charge in [0.15, 0.2) is 0 Å². The second kappa shape index (κ2) is 10.6. The average Bonchev–Trinajstić information content (AvgIpc) is 3.53. The highest BCUT2D eigenvalue weighted by molar-refractivity contribution is 6.30. The Labute approximate surface area is 222 Å². The summed E-state index contributed by atoms with van der Waals surface area (Å²) >= 11 is 6.44. The van der Waals surface area contributed by atoms with E-state index in [1.54, 1.807) is 7.11 Å².